The molecule has 3 heterocycles. The molecule has 1 aromatic heterocycles. The highest BCUT2D eigenvalue weighted by Gasteiger charge is 2.31. The van der Waals surface area contributed by atoms with Crippen LogP contribution in [0.25, 0.3) is 0 Å². The van der Waals surface area contributed by atoms with Crippen molar-refractivity contribution in [3.63, 3.8) is 0 Å². The molecule has 2 aliphatic rings. The first kappa shape index (κ1) is 13.4. The van der Waals surface area contributed by atoms with E-state index in [0.29, 0.717) is 6.04 Å². The number of nitrogens with one attached hydrogen (secondary N) is 2. The molecule has 106 valence electrons. The van der Waals surface area contributed by atoms with E-state index in [1.165, 1.54) is 41.8 Å². The number of hydrogen-bond donors (Lipinski definition) is 2. The molecule has 5 heteroatoms. The standard InChI is InChI=1S/C14H23BrN4/c1-2-4-11-13(15)14-17-8-6-12(19(14)18-11)10-5-3-7-16-9-10/h10,12,16-17H,2-9H2,1H3. The molecular weight excluding hydrogens is 304 g/mol. The summed E-state index contributed by atoms with van der Waals surface area (Å²) in [5, 5.41) is 11.9. The van der Waals surface area contributed by atoms with Crippen molar-refractivity contribution in [2.75, 3.05) is 25.0 Å². The van der Waals surface area contributed by atoms with Crippen LogP contribution in [0.15, 0.2) is 4.47 Å². The Morgan fingerprint density at radius 1 is 1.37 bits per heavy atom. The SMILES string of the molecule is CCCc1nn2c(c1Br)NCCC2C1CCCNC1. The third-order valence-electron chi connectivity index (χ3n) is 4.33. The Morgan fingerprint density at radius 3 is 3.00 bits per heavy atom. The molecule has 19 heavy (non-hydrogen) atoms. The maximum absolute atomic E-state index is 4.88. The Kier molecular flexibility index (Phi) is 4.12. The zero-order valence-electron chi connectivity index (χ0n) is 11.6. The molecule has 1 fully saturated rings. The minimum absolute atomic E-state index is 0.561. The Hall–Kier alpha value is -0.550. The molecule has 0 amide bonds. The molecule has 1 saturated heterocycles. The van der Waals surface area contributed by atoms with Gasteiger partial charge >= 0.3 is 0 Å². The highest BCUT2D eigenvalue weighted by molar-refractivity contribution is 9.10. The third kappa shape index (κ3) is 2.55. The van der Waals surface area contributed by atoms with Gasteiger partial charge in [-0.3, -0.25) is 0 Å². The first-order chi connectivity index (χ1) is 9.31. The van der Waals surface area contributed by atoms with Crippen LogP contribution in [0.3, 0.4) is 0 Å². The lowest BCUT2D eigenvalue weighted by Gasteiger charge is -2.34. The van der Waals surface area contributed by atoms with Crippen molar-refractivity contribution in [2.45, 2.75) is 45.1 Å². The highest BCUT2D eigenvalue weighted by atomic mass is 79.9. The number of anilines is 1. The summed E-state index contributed by atoms with van der Waals surface area (Å²) in [7, 11) is 0. The van der Waals surface area contributed by atoms with Crippen molar-refractivity contribution >= 4 is 21.7 Å². The predicted molar refractivity (Wildman–Crippen MR) is 81.7 cm³/mol. The number of hydrogen-bond acceptors (Lipinski definition) is 3. The second kappa shape index (κ2) is 5.83. The molecule has 2 N–H and O–H groups in total. The summed E-state index contributed by atoms with van der Waals surface area (Å²) in [5.41, 5.74) is 1.21. The summed E-state index contributed by atoms with van der Waals surface area (Å²) in [6, 6.07) is 0.561. The molecule has 0 spiro atoms. The van der Waals surface area contributed by atoms with Gasteiger partial charge in [-0.2, -0.15) is 5.10 Å². The van der Waals surface area contributed by atoms with Gasteiger partial charge in [-0.25, -0.2) is 4.68 Å². The van der Waals surface area contributed by atoms with Crippen LogP contribution in [-0.2, 0) is 6.42 Å². The van der Waals surface area contributed by atoms with Crippen molar-refractivity contribution in [3.05, 3.63) is 10.2 Å². The topological polar surface area (TPSA) is 41.9 Å². The average Bonchev–Trinajstić information content (AvgIpc) is 2.77. The minimum atomic E-state index is 0.561. The summed E-state index contributed by atoms with van der Waals surface area (Å²) < 4.78 is 3.44. The number of aromatic nitrogens is 2. The minimum Gasteiger partial charge on any atom is -0.369 e. The van der Waals surface area contributed by atoms with Crippen LogP contribution in [0, 0.1) is 5.92 Å². The lowest BCUT2D eigenvalue weighted by molar-refractivity contribution is 0.235. The smallest absolute Gasteiger partial charge is 0.139 e. The molecule has 1 aromatic rings. The van der Waals surface area contributed by atoms with Crippen LogP contribution in [0.1, 0.15) is 44.3 Å². The van der Waals surface area contributed by atoms with Gasteiger partial charge < -0.3 is 10.6 Å². The summed E-state index contributed by atoms with van der Waals surface area (Å²) in [5.74, 6) is 1.93. The zero-order valence-corrected chi connectivity index (χ0v) is 13.2. The molecule has 2 aliphatic heterocycles. The Labute approximate surface area is 123 Å². The first-order valence-electron chi connectivity index (χ1n) is 7.52. The number of piperidine rings is 1. The summed E-state index contributed by atoms with van der Waals surface area (Å²) in [6.07, 6.45) is 6.02. The maximum Gasteiger partial charge on any atom is 0.139 e. The van der Waals surface area contributed by atoms with Crippen molar-refractivity contribution < 1.29 is 0 Å². The average molecular weight is 327 g/mol. The number of aryl methyl sites for hydroxylation is 1. The van der Waals surface area contributed by atoms with E-state index in [1.807, 2.05) is 0 Å². The lowest BCUT2D eigenvalue weighted by Crippen LogP contribution is -2.38. The van der Waals surface area contributed by atoms with Crippen LogP contribution in [0.4, 0.5) is 5.82 Å². The molecule has 0 saturated carbocycles. The summed E-state index contributed by atoms with van der Waals surface area (Å²) >= 11 is 3.73. The number of nitrogens with zero attached hydrogens (tertiary/aromatic N) is 2. The molecule has 2 atom stereocenters. The number of rotatable bonds is 3. The maximum atomic E-state index is 4.88. The van der Waals surface area contributed by atoms with Crippen LogP contribution in [-0.4, -0.2) is 29.4 Å². The van der Waals surface area contributed by atoms with Gasteiger partial charge in [-0.1, -0.05) is 13.3 Å². The van der Waals surface area contributed by atoms with E-state index < -0.39 is 0 Å². The van der Waals surface area contributed by atoms with Gasteiger partial charge in [0, 0.05) is 6.54 Å². The highest BCUT2D eigenvalue weighted by Crippen LogP contribution is 2.38. The van der Waals surface area contributed by atoms with Crippen LogP contribution in [0.2, 0.25) is 0 Å². The van der Waals surface area contributed by atoms with E-state index in [-0.39, 0.29) is 0 Å². The van der Waals surface area contributed by atoms with Crippen LogP contribution >= 0.6 is 15.9 Å². The van der Waals surface area contributed by atoms with Crippen molar-refractivity contribution in [3.8, 4) is 0 Å². The molecule has 3 rings (SSSR count). The third-order valence-corrected chi connectivity index (χ3v) is 5.16. The molecule has 4 nitrogen and oxygen atoms in total. The fraction of sp³-hybridized carbons (Fsp3) is 0.786. The van der Waals surface area contributed by atoms with Crippen molar-refractivity contribution in [2.24, 2.45) is 5.92 Å². The van der Waals surface area contributed by atoms with Gasteiger partial charge in [0.15, 0.2) is 0 Å². The molecule has 0 radical (unpaired) electrons. The Bertz CT molecular complexity index is 437. The summed E-state index contributed by atoms with van der Waals surface area (Å²) in [4.78, 5) is 0. The van der Waals surface area contributed by atoms with E-state index >= 15 is 0 Å². The fourth-order valence-electron chi connectivity index (χ4n) is 3.36. The van der Waals surface area contributed by atoms with E-state index in [1.54, 1.807) is 0 Å². The molecular formula is C14H23BrN4. The normalized spacial score (nSPS) is 26.8. The van der Waals surface area contributed by atoms with Gasteiger partial charge in [0.1, 0.15) is 5.82 Å². The first-order valence-corrected chi connectivity index (χ1v) is 8.32. The van der Waals surface area contributed by atoms with Gasteiger partial charge in [0.25, 0.3) is 0 Å². The van der Waals surface area contributed by atoms with Crippen LogP contribution in [0.5, 0.6) is 0 Å². The lowest BCUT2D eigenvalue weighted by atomic mass is 9.89. The number of halogens is 1. The van der Waals surface area contributed by atoms with Gasteiger partial charge in [0.05, 0.1) is 16.2 Å². The molecule has 0 aromatic carbocycles. The van der Waals surface area contributed by atoms with E-state index in [2.05, 4.69) is 38.2 Å². The van der Waals surface area contributed by atoms with Gasteiger partial charge in [-0.15, -0.1) is 0 Å². The second-order valence-electron chi connectivity index (χ2n) is 5.69. The second-order valence-corrected chi connectivity index (χ2v) is 6.49. The fourth-order valence-corrected chi connectivity index (χ4v) is 3.96. The van der Waals surface area contributed by atoms with E-state index in [4.69, 9.17) is 5.10 Å². The largest absolute Gasteiger partial charge is 0.369 e. The quantitative estimate of drug-likeness (QED) is 0.897. The summed E-state index contributed by atoms with van der Waals surface area (Å²) in [6.45, 7) is 5.60. The predicted octanol–water partition coefficient (Wildman–Crippen LogP) is 2.95. The monoisotopic (exact) mass is 326 g/mol. The molecule has 0 aliphatic carbocycles. The molecule has 2 unspecified atom stereocenters. The van der Waals surface area contributed by atoms with Gasteiger partial charge in [0.2, 0.25) is 0 Å². The van der Waals surface area contributed by atoms with Crippen molar-refractivity contribution in [1.29, 1.82) is 0 Å². The van der Waals surface area contributed by atoms with Crippen LogP contribution < -0.4 is 10.6 Å². The van der Waals surface area contributed by atoms with Gasteiger partial charge in [-0.05, 0) is 60.6 Å². The van der Waals surface area contributed by atoms with E-state index in [9.17, 15) is 0 Å². The number of fused-ring (bicyclic) bond motifs is 1. The van der Waals surface area contributed by atoms with Crippen molar-refractivity contribution in [1.82, 2.24) is 15.1 Å². The molecule has 0 bridgehead atoms. The zero-order chi connectivity index (χ0) is 13.2. The Balaban J connectivity index is 1.88. The Morgan fingerprint density at radius 2 is 2.26 bits per heavy atom. The van der Waals surface area contributed by atoms with E-state index in [0.717, 1.165) is 31.8 Å².